The molecule has 7 heteroatoms. The summed E-state index contributed by atoms with van der Waals surface area (Å²) in [6.07, 6.45) is 0.133. The van der Waals surface area contributed by atoms with E-state index in [2.05, 4.69) is 5.32 Å². The van der Waals surface area contributed by atoms with Crippen LogP contribution in [0.4, 0.5) is 4.79 Å². The fourth-order valence-corrected chi connectivity index (χ4v) is 3.12. The third kappa shape index (κ3) is 2.98. The molecule has 1 saturated carbocycles. The van der Waals surface area contributed by atoms with Crippen molar-refractivity contribution < 1.29 is 24.5 Å². The molecule has 120 valence electrons. The minimum Gasteiger partial charge on any atom is -0.480 e. The van der Waals surface area contributed by atoms with Gasteiger partial charge in [0.25, 0.3) is 0 Å². The average molecular weight is 300 g/mol. The molecular formula is C14H24N2O5. The number of aliphatic carboxylic acids is 1. The number of carboxylic acids is 1. The van der Waals surface area contributed by atoms with Gasteiger partial charge in [0.1, 0.15) is 6.04 Å². The number of aliphatic hydroxyl groups excluding tert-OH is 1. The number of urea groups is 1. The number of carbonyl (C=O) groups is 2. The highest BCUT2D eigenvalue weighted by Crippen LogP contribution is 2.42. The molecule has 0 aromatic carbocycles. The molecule has 0 aromatic rings. The standard InChI is InChI=1S/C14H24N2O5/c1-4-21-11-6-10(14(11,2)3)15-13(20)16-7-8(17)5-9(16)12(18)19/h8-11,17H,4-7H2,1-3H3,(H,15,20)(H,18,19)/t8-,9-,10?,11?/m1/s1. The van der Waals surface area contributed by atoms with E-state index in [0.717, 1.165) is 6.42 Å². The minimum atomic E-state index is -1.08. The van der Waals surface area contributed by atoms with E-state index in [9.17, 15) is 14.7 Å². The number of hydrogen-bond acceptors (Lipinski definition) is 4. The Morgan fingerprint density at radius 1 is 1.38 bits per heavy atom. The zero-order chi connectivity index (χ0) is 15.8. The van der Waals surface area contributed by atoms with Gasteiger partial charge in [-0.3, -0.25) is 0 Å². The van der Waals surface area contributed by atoms with E-state index >= 15 is 0 Å². The van der Waals surface area contributed by atoms with Gasteiger partial charge in [0.15, 0.2) is 0 Å². The SMILES string of the molecule is CCOC1CC(NC(=O)N2C[C@H](O)C[C@@H]2C(=O)O)C1(C)C. The number of hydrogen-bond donors (Lipinski definition) is 3. The largest absolute Gasteiger partial charge is 0.480 e. The van der Waals surface area contributed by atoms with Crippen molar-refractivity contribution in [2.75, 3.05) is 13.2 Å². The third-order valence-corrected chi connectivity index (χ3v) is 4.67. The molecule has 0 aromatic heterocycles. The van der Waals surface area contributed by atoms with Gasteiger partial charge in [-0.2, -0.15) is 0 Å². The number of likely N-dealkylation sites (tertiary alicyclic amines) is 1. The topological polar surface area (TPSA) is 99.1 Å². The number of amides is 2. The predicted molar refractivity (Wildman–Crippen MR) is 74.9 cm³/mol. The second-order valence-corrected chi connectivity index (χ2v) is 6.40. The summed E-state index contributed by atoms with van der Waals surface area (Å²) in [5, 5.41) is 21.6. The van der Waals surface area contributed by atoms with Gasteiger partial charge in [-0.25, -0.2) is 9.59 Å². The number of nitrogens with zero attached hydrogens (tertiary/aromatic N) is 1. The van der Waals surface area contributed by atoms with E-state index in [-0.39, 0.29) is 30.5 Å². The molecule has 0 bridgehead atoms. The maximum Gasteiger partial charge on any atom is 0.326 e. The number of ether oxygens (including phenoxy) is 1. The Morgan fingerprint density at radius 3 is 2.57 bits per heavy atom. The van der Waals surface area contributed by atoms with Crippen molar-refractivity contribution in [3.8, 4) is 0 Å². The van der Waals surface area contributed by atoms with Gasteiger partial charge in [-0.05, 0) is 13.3 Å². The summed E-state index contributed by atoms with van der Waals surface area (Å²) in [5.74, 6) is -1.08. The molecule has 21 heavy (non-hydrogen) atoms. The molecule has 0 spiro atoms. The first kappa shape index (κ1) is 16.0. The van der Waals surface area contributed by atoms with Crippen LogP contribution in [-0.2, 0) is 9.53 Å². The summed E-state index contributed by atoms with van der Waals surface area (Å²) in [7, 11) is 0. The van der Waals surface area contributed by atoms with E-state index in [4.69, 9.17) is 9.84 Å². The van der Waals surface area contributed by atoms with Crippen molar-refractivity contribution in [2.24, 2.45) is 5.41 Å². The van der Waals surface area contributed by atoms with Gasteiger partial charge in [-0.15, -0.1) is 0 Å². The summed E-state index contributed by atoms with van der Waals surface area (Å²) in [6.45, 7) is 6.68. The first-order valence-corrected chi connectivity index (χ1v) is 7.37. The molecule has 1 aliphatic carbocycles. The number of rotatable bonds is 4. The fourth-order valence-electron chi connectivity index (χ4n) is 3.12. The Labute approximate surface area is 124 Å². The molecule has 2 fully saturated rings. The lowest BCUT2D eigenvalue weighted by atomic mass is 9.64. The molecule has 1 aliphatic heterocycles. The molecule has 0 radical (unpaired) electrons. The van der Waals surface area contributed by atoms with Crippen molar-refractivity contribution >= 4 is 12.0 Å². The van der Waals surface area contributed by atoms with Crippen LogP contribution in [0.25, 0.3) is 0 Å². The van der Waals surface area contributed by atoms with Gasteiger partial charge in [0.05, 0.1) is 12.2 Å². The van der Waals surface area contributed by atoms with Crippen LogP contribution in [0.5, 0.6) is 0 Å². The van der Waals surface area contributed by atoms with Crippen LogP contribution in [0.15, 0.2) is 0 Å². The zero-order valence-corrected chi connectivity index (χ0v) is 12.7. The highest BCUT2D eigenvalue weighted by atomic mass is 16.5. The molecular weight excluding hydrogens is 276 g/mol. The Balaban J connectivity index is 1.95. The molecule has 2 aliphatic rings. The van der Waals surface area contributed by atoms with Gasteiger partial charge in [0.2, 0.25) is 0 Å². The van der Waals surface area contributed by atoms with Crippen LogP contribution in [0.3, 0.4) is 0 Å². The van der Waals surface area contributed by atoms with E-state index in [1.807, 2.05) is 20.8 Å². The third-order valence-electron chi connectivity index (χ3n) is 4.67. The summed E-state index contributed by atoms with van der Waals surface area (Å²) < 4.78 is 5.61. The monoisotopic (exact) mass is 300 g/mol. The maximum atomic E-state index is 12.3. The van der Waals surface area contributed by atoms with E-state index in [1.54, 1.807) is 0 Å². The first-order valence-electron chi connectivity index (χ1n) is 7.37. The first-order chi connectivity index (χ1) is 9.77. The van der Waals surface area contributed by atoms with Crippen LogP contribution in [-0.4, -0.2) is 64.6 Å². The van der Waals surface area contributed by atoms with Crippen molar-refractivity contribution in [1.82, 2.24) is 10.2 Å². The van der Waals surface area contributed by atoms with Crippen LogP contribution < -0.4 is 5.32 Å². The van der Waals surface area contributed by atoms with Crippen molar-refractivity contribution in [3.63, 3.8) is 0 Å². The molecule has 7 nitrogen and oxygen atoms in total. The molecule has 4 atom stereocenters. The Morgan fingerprint density at radius 2 is 2.05 bits per heavy atom. The van der Waals surface area contributed by atoms with Crippen molar-refractivity contribution in [3.05, 3.63) is 0 Å². The number of carboxylic acid groups (broad SMARTS) is 1. The summed E-state index contributed by atoms with van der Waals surface area (Å²) >= 11 is 0. The summed E-state index contributed by atoms with van der Waals surface area (Å²) in [4.78, 5) is 24.6. The lowest BCUT2D eigenvalue weighted by molar-refractivity contribution is -0.141. The second-order valence-electron chi connectivity index (χ2n) is 6.40. The average Bonchev–Trinajstić information content (AvgIpc) is 2.80. The maximum absolute atomic E-state index is 12.3. The molecule has 2 amide bonds. The van der Waals surface area contributed by atoms with Crippen LogP contribution in [0, 0.1) is 5.41 Å². The molecule has 2 rings (SSSR count). The highest BCUT2D eigenvalue weighted by molar-refractivity contribution is 5.83. The van der Waals surface area contributed by atoms with Gasteiger partial charge >= 0.3 is 12.0 Å². The summed E-state index contributed by atoms with van der Waals surface area (Å²) in [5.41, 5.74) is -0.178. The number of carbonyl (C=O) groups excluding carboxylic acids is 1. The molecule has 2 unspecified atom stereocenters. The van der Waals surface area contributed by atoms with Gasteiger partial charge in [-0.1, -0.05) is 13.8 Å². The quantitative estimate of drug-likeness (QED) is 0.699. The Bertz CT molecular complexity index is 426. The summed E-state index contributed by atoms with van der Waals surface area (Å²) in [6, 6.07) is -1.42. The van der Waals surface area contributed by atoms with Gasteiger partial charge < -0.3 is 25.2 Å². The van der Waals surface area contributed by atoms with Crippen molar-refractivity contribution in [2.45, 2.75) is 57.9 Å². The second kappa shape index (κ2) is 5.81. The number of nitrogens with one attached hydrogen (secondary N) is 1. The van der Waals surface area contributed by atoms with Crippen LogP contribution in [0.1, 0.15) is 33.6 Å². The lowest BCUT2D eigenvalue weighted by Crippen LogP contribution is -2.64. The number of aliphatic hydroxyl groups is 1. The zero-order valence-electron chi connectivity index (χ0n) is 12.7. The fraction of sp³-hybridized carbons (Fsp3) is 0.857. The number of β-amino-alcohol motifs (C(OH)–C–C–N with tert-alkyl or cyclic N) is 1. The Kier molecular flexibility index (Phi) is 4.43. The molecule has 1 saturated heterocycles. The Hall–Kier alpha value is -1.34. The van der Waals surface area contributed by atoms with E-state index < -0.39 is 24.1 Å². The smallest absolute Gasteiger partial charge is 0.326 e. The van der Waals surface area contributed by atoms with Crippen LogP contribution in [0.2, 0.25) is 0 Å². The lowest BCUT2D eigenvalue weighted by Gasteiger charge is -2.51. The van der Waals surface area contributed by atoms with Gasteiger partial charge in [0, 0.05) is 31.0 Å². The van der Waals surface area contributed by atoms with Crippen LogP contribution >= 0.6 is 0 Å². The minimum absolute atomic E-state index is 0.0475. The molecule has 1 heterocycles. The van der Waals surface area contributed by atoms with E-state index in [1.165, 1.54) is 4.90 Å². The van der Waals surface area contributed by atoms with E-state index in [0.29, 0.717) is 6.61 Å². The van der Waals surface area contributed by atoms with Crippen molar-refractivity contribution in [1.29, 1.82) is 0 Å². The predicted octanol–water partition coefficient (Wildman–Crippen LogP) is 0.419. The normalized spacial score (nSPS) is 34.4. The highest BCUT2D eigenvalue weighted by Gasteiger charge is 2.50. The molecule has 3 N–H and O–H groups in total.